The highest BCUT2D eigenvalue weighted by Gasteiger charge is 2.14. The normalized spacial score (nSPS) is 10.9. The Morgan fingerprint density at radius 2 is 1.94 bits per heavy atom. The Morgan fingerprint density at radius 1 is 1.13 bits per heavy atom. The third-order valence-electron chi connectivity index (χ3n) is 4.74. The fraction of sp³-hybridized carbons (Fsp3) is 0.348. The third-order valence-corrected chi connectivity index (χ3v) is 5.68. The SMILES string of the molecule is COCCCn1c(SCCOc2ccccc2C)nc2cc(C(=O)OC)ccc2c1=O. The average molecular weight is 443 g/mol. The second kappa shape index (κ2) is 11.0. The van der Waals surface area contributed by atoms with Crippen LogP contribution in [0.25, 0.3) is 10.9 Å². The lowest BCUT2D eigenvalue weighted by molar-refractivity contribution is 0.0601. The summed E-state index contributed by atoms with van der Waals surface area (Å²) >= 11 is 1.45. The monoisotopic (exact) mass is 442 g/mol. The van der Waals surface area contributed by atoms with Gasteiger partial charge in [0.05, 0.1) is 30.2 Å². The standard InChI is InChI=1S/C23H26N2O5S/c1-16-7-4-5-8-20(16)30-13-14-31-23-24-19-15-17(22(27)29-3)9-10-18(19)21(26)25(23)11-6-12-28-2/h4-5,7-10,15H,6,11-14H2,1-3H3. The summed E-state index contributed by atoms with van der Waals surface area (Å²) in [5, 5.41) is 1.05. The maximum Gasteiger partial charge on any atom is 0.337 e. The molecule has 0 aliphatic carbocycles. The summed E-state index contributed by atoms with van der Waals surface area (Å²) in [7, 11) is 2.96. The number of esters is 1. The molecule has 3 rings (SSSR count). The first kappa shape index (κ1) is 22.8. The van der Waals surface area contributed by atoms with E-state index in [1.54, 1.807) is 29.9 Å². The van der Waals surface area contributed by atoms with Crippen LogP contribution in [0.2, 0.25) is 0 Å². The maximum atomic E-state index is 13.1. The van der Waals surface area contributed by atoms with Crippen molar-refractivity contribution in [3.8, 4) is 5.75 Å². The summed E-state index contributed by atoms with van der Waals surface area (Å²) in [6.07, 6.45) is 0.692. The van der Waals surface area contributed by atoms with Crippen molar-refractivity contribution >= 4 is 28.6 Å². The molecule has 8 heteroatoms. The van der Waals surface area contributed by atoms with Gasteiger partial charge in [-0.25, -0.2) is 9.78 Å². The second-order valence-electron chi connectivity index (χ2n) is 6.88. The van der Waals surface area contributed by atoms with Gasteiger partial charge in [0.2, 0.25) is 0 Å². The van der Waals surface area contributed by atoms with Crippen LogP contribution in [0.15, 0.2) is 52.4 Å². The van der Waals surface area contributed by atoms with Crippen molar-refractivity contribution in [3.63, 3.8) is 0 Å². The van der Waals surface area contributed by atoms with Gasteiger partial charge in [-0.1, -0.05) is 30.0 Å². The first-order valence-electron chi connectivity index (χ1n) is 9.98. The van der Waals surface area contributed by atoms with Crippen LogP contribution >= 0.6 is 11.8 Å². The molecule has 1 aromatic heterocycles. The molecule has 7 nitrogen and oxygen atoms in total. The number of carbonyl (C=O) groups excluding carboxylic acids is 1. The maximum absolute atomic E-state index is 13.1. The zero-order chi connectivity index (χ0) is 22.2. The summed E-state index contributed by atoms with van der Waals surface area (Å²) in [5.74, 6) is 0.997. The molecule has 0 atom stereocenters. The summed E-state index contributed by atoms with van der Waals surface area (Å²) in [5.41, 5.74) is 1.76. The minimum Gasteiger partial charge on any atom is -0.492 e. The zero-order valence-electron chi connectivity index (χ0n) is 17.9. The number of hydrogen-bond acceptors (Lipinski definition) is 7. The highest BCUT2D eigenvalue weighted by atomic mass is 32.2. The molecule has 0 fully saturated rings. The molecule has 2 aromatic carbocycles. The van der Waals surface area contributed by atoms with Crippen LogP contribution in [0.1, 0.15) is 22.3 Å². The summed E-state index contributed by atoms with van der Waals surface area (Å²) < 4.78 is 17.4. The van der Waals surface area contributed by atoms with Crippen LogP contribution in [0, 0.1) is 6.92 Å². The molecule has 0 saturated carbocycles. The van der Waals surface area contributed by atoms with Gasteiger partial charge < -0.3 is 14.2 Å². The van der Waals surface area contributed by atoms with E-state index in [1.807, 2.05) is 31.2 Å². The van der Waals surface area contributed by atoms with Gasteiger partial charge in [0.1, 0.15) is 5.75 Å². The number of methoxy groups -OCH3 is 2. The molecule has 0 aliphatic heterocycles. The van der Waals surface area contributed by atoms with E-state index in [-0.39, 0.29) is 5.56 Å². The van der Waals surface area contributed by atoms with Crippen molar-refractivity contribution in [1.82, 2.24) is 9.55 Å². The number of para-hydroxylation sites is 1. The molecular weight excluding hydrogens is 416 g/mol. The Morgan fingerprint density at radius 3 is 2.68 bits per heavy atom. The quantitative estimate of drug-likeness (QED) is 0.205. The number of rotatable bonds is 10. The molecule has 0 unspecified atom stereocenters. The Hall–Kier alpha value is -2.84. The average Bonchev–Trinajstić information content (AvgIpc) is 2.78. The fourth-order valence-corrected chi connectivity index (χ4v) is 3.96. The molecule has 0 N–H and O–H groups in total. The van der Waals surface area contributed by atoms with Crippen molar-refractivity contribution in [1.29, 1.82) is 0 Å². The molecular formula is C23H26N2O5S. The predicted molar refractivity (Wildman–Crippen MR) is 121 cm³/mol. The van der Waals surface area contributed by atoms with Crippen molar-refractivity contribution in [2.24, 2.45) is 0 Å². The van der Waals surface area contributed by atoms with Crippen molar-refractivity contribution in [2.75, 3.05) is 33.2 Å². The molecule has 0 amide bonds. The van der Waals surface area contributed by atoms with E-state index < -0.39 is 5.97 Å². The zero-order valence-corrected chi connectivity index (χ0v) is 18.7. The highest BCUT2D eigenvalue weighted by molar-refractivity contribution is 7.99. The van der Waals surface area contributed by atoms with E-state index in [1.165, 1.54) is 18.9 Å². The summed E-state index contributed by atoms with van der Waals surface area (Å²) in [6, 6.07) is 12.6. The molecule has 0 radical (unpaired) electrons. The van der Waals surface area contributed by atoms with E-state index >= 15 is 0 Å². The fourth-order valence-electron chi connectivity index (χ4n) is 3.12. The summed E-state index contributed by atoms with van der Waals surface area (Å²) in [4.78, 5) is 29.7. The first-order chi connectivity index (χ1) is 15.0. The minimum absolute atomic E-state index is 0.139. The Kier molecular flexibility index (Phi) is 8.08. The van der Waals surface area contributed by atoms with Crippen LogP contribution in [-0.4, -0.2) is 48.7 Å². The van der Waals surface area contributed by atoms with Crippen LogP contribution < -0.4 is 10.3 Å². The van der Waals surface area contributed by atoms with Crippen LogP contribution in [0.3, 0.4) is 0 Å². The van der Waals surface area contributed by atoms with Crippen molar-refractivity contribution in [2.45, 2.75) is 25.0 Å². The highest BCUT2D eigenvalue weighted by Crippen LogP contribution is 2.21. The van der Waals surface area contributed by atoms with Gasteiger partial charge in [-0.3, -0.25) is 9.36 Å². The second-order valence-corrected chi connectivity index (χ2v) is 7.95. The van der Waals surface area contributed by atoms with Gasteiger partial charge in [0.15, 0.2) is 5.16 Å². The largest absolute Gasteiger partial charge is 0.492 e. The molecule has 0 aliphatic rings. The molecule has 0 bridgehead atoms. The molecule has 164 valence electrons. The van der Waals surface area contributed by atoms with E-state index in [4.69, 9.17) is 14.2 Å². The number of carbonyl (C=O) groups is 1. The number of aryl methyl sites for hydroxylation is 1. The van der Waals surface area contributed by atoms with Crippen LogP contribution in [0.5, 0.6) is 5.75 Å². The number of benzene rings is 2. The van der Waals surface area contributed by atoms with Gasteiger partial charge in [-0.05, 0) is 43.2 Å². The Balaban J connectivity index is 1.84. The predicted octanol–water partition coefficient (Wildman–Crippen LogP) is 3.70. The lowest BCUT2D eigenvalue weighted by Crippen LogP contribution is -2.24. The van der Waals surface area contributed by atoms with Crippen LogP contribution in [0.4, 0.5) is 0 Å². The van der Waals surface area contributed by atoms with Gasteiger partial charge >= 0.3 is 5.97 Å². The van der Waals surface area contributed by atoms with Gasteiger partial charge in [0, 0.05) is 26.0 Å². The number of fused-ring (bicyclic) bond motifs is 1. The van der Waals surface area contributed by atoms with E-state index in [0.29, 0.717) is 53.6 Å². The number of nitrogens with zero attached hydrogens (tertiary/aromatic N) is 2. The number of ether oxygens (including phenoxy) is 3. The number of thioether (sulfide) groups is 1. The lowest BCUT2D eigenvalue weighted by atomic mass is 10.1. The third kappa shape index (κ3) is 5.65. The van der Waals surface area contributed by atoms with Crippen molar-refractivity contribution in [3.05, 3.63) is 63.9 Å². The van der Waals surface area contributed by atoms with E-state index in [9.17, 15) is 9.59 Å². The Labute approximate surface area is 185 Å². The van der Waals surface area contributed by atoms with Gasteiger partial charge in [0.25, 0.3) is 5.56 Å². The molecule has 0 saturated heterocycles. The van der Waals surface area contributed by atoms with E-state index in [0.717, 1.165) is 11.3 Å². The van der Waals surface area contributed by atoms with E-state index in [2.05, 4.69) is 4.98 Å². The smallest absolute Gasteiger partial charge is 0.337 e. The van der Waals surface area contributed by atoms with Gasteiger partial charge in [-0.2, -0.15) is 0 Å². The summed E-state index contributed by atoms with van der Waals surface area (Å²) in [6.45, 7) is 3.52. The Bertz CT molecular complexity index is 1110. The van der Waals surface area contributed by atoms with Crippen LogP contribution in [-0.2, 0) is 16.0 Å². The minimum atomic E-state index is -0.464. The molecule has 0 spiro atoms. The molecule has 3 aromatic rings. The number of hydrogen-bond donors (Lipinski definition) is 0. The first-order valence-corrected chi connectivity index (χ1v) is 11.0. The molecule has 31 heavy (non-hydrogen) atoms. The topological polar surface area (TPSA) is 79.7 Å². The number of aromatic nitrogens is 2. The lowest BCUT2D eigenvalue weighted by Gasteiger charge is -2.14. The van der Waals surface area contributed by atoms with Gasteiger partial charge in [-0.15, -0.1) is 0 Å². The van der Waals surface area contributed by atoms with Crippen molar-refractivity contribution < 1.29 is 19.0 Å². The molecule has 1 heterocycles.